The van der Waals surface area contributed by atoms with Gasteiger partial charge in [0.15, 0.2) is 0 Å². The third-order valence-corrected chi connectivity index (χ3v) is 6.32. The van der Waals surface area contributed by atoms with Crippen molar-refractivity contribution in [3.63, 3.8) is 0 Å². The molecule has 0 unspecified atom stereocenters. The summed E-state index contributed by atoms with van der Waals surface area (Å²) in [5.74, 6) is 0. The van der Waals surface area contributed by atoms with Crippen LogP contribution < -0.4 is 0 Å². The highest BCUT2D eigenvalue weighted by Crippen LogP contribution is 2.36. The Labute approximate surface area is 170 Å². The molecular weight excluding hydrogens is 419 g/mol. The van der Waals surface area contributed by atoms with E-state index in [1.165, 1.54) is 24.5 Å². The number of halogens is 2. The van der Waals surface area contributed by atoms with Crippen molar-refractivity contribution in [3.8, 4) is 17.3 Å². The Morgan fingerprint density at radius 1 is 1.04 bits per heavy atom. The van der Waals surface area contributed by atoms with Crippen LogP contribution in [0.1, 0.15) is 5.56 Å². The van der Waals surface area contributed by atoms with Crippen LogP contribution in [0.2, 0.25) is 10.3 Å². The molecular formula is C19H10Cl2N4O2S. The quantitative estimate of drug-likeness (QED) is 0.447. The highest BCUT2D eigenvalue weighted by atomic mass is 35.5. The van der Waals surface area contributed by atoms with E-state index in [0.717, 1.165) is 3.97 Å². The lowest BCUT2D eigenvalue weighted by Crippen LogP contribution is -2.12. The Kier molecular flexibility index (Phi) is 4.55. The Hall–Kier alpha value is -2.92. The lowest BCUT2D eigenvalue weighted by Gasteiger charge is -2.08. The van der Waals surface area contributed by atoms with Gasteiger partial charge in [0, 0.05) is 17.1 Å². The number of aromatic nitrogens is 3. The van der Waals surface area contributed by atoms with E-state index in [2.05, 4.69) is 9.97 Å². The van der Waals surface area contributed by atoms with Gasteiger partial charge in [0.2, 0.25) is 5.28 Å². The monoisotopic (exact) mass is 428 g/mol. The van der Waals surface area contributed by atoms with Gasteiger partial charge in [-0.25, -0.2) is 22.4 Å². The molecule has 0 spiro atoms. The molecule has 0 atom stereocenters. The van der Waals surface area contributed by atoms with Gasteiger partial charge >= 0.3 is 0 Å². The molecule has 2 heterocycles. The van der Waals surface area contributed by atoms with Gasteiger partial charge in [0.25, 0.3) is 10.0 Å². The molecule has 0 amide bonds. The van der Waals surface area contributed by atoms with Crippen molar-refractivity contribution in [2.24, 2.45) is 0 Å². The zero-order valence-corrected chi connectivity index (χ0v) is 16.4. The normalized spacial score (nSPS) is 11.5. The fraction of sp³-hybridized carbons (Fsp3) is 0. The number of para-hydroxylation sites is 1. The number of hydrogen-bond donors (Lipinski definition) is 0. The number of fused-ring (bicyclic) bond motifs is 1. The van der Waals surface area contributed by atoms with Crippen molar-refractivity contribution in [1.82, 2.24) is 13.9 Å². The molecule has 0 saturated heterocycles. The van der Waals surface area contributed by atoms with Gasteiger partial charge in [0.1, 0.15) is 6.07 Å². The van der Waals surface area contributed by atoms with Gasteiger partial charge in [-0.3, -0.25) is 0 Å². The number of nitriles is 1. The van der Waals surface area contributed by atoms with E-state index in [4.69, 9.17) is 23.2 Å². The van der Waals surface area contributed by atoms with Crippen molar-refractivity contribution < 1.29 is 8.42 Å². The van der Waals surface area contributed by atoms with E-state index in [1.807, 2.05) is 6.07 Å². The molecule has 0 aliphatic heterocycles. The molecule has 28 heavy (non-hydrogen) atoms. The summed E-state index contributed by atoms with van der Waals surface area (Å²) in [4.78, 5) is 8.07. The zero-order chi connectivity index (χ0) is 19.9. The van der Waals surface area contributed by atoms with E-state index in [0.29, 0.717) is 10.9 Å². The van der Waals surface area contributed by atoms with Crippen LogP contribution in [0.5, 0.6) is 0 Å². The van der Waals surface area contributed by atoms with Crippen molar-refractivity contribution in [1.29, 1.82) is 5.26 Å². The second kappa shape index (κ2) is 6.91. The zero-order valence-electron chi connectivity index (χ0n) is 14.0. The van der Waals surface area contributed by atoms with Crippen molar-refractivity contribution in [3.05, 3.63) is 76.8 Å². The molecule has 0 fully saturated rings. The Bertz CT molecular complexity index is 1360. The topological polar surface area (TPSA) is 88.6 Å². The maximum absolute atomic E-state index is 13.3. The first kappa shape index (κ1) is 18.4. The predicted octanol–water partition coefficient (Wildman–Crippen LogP) is 4.51. The third-order valence-electron chi connectivity index (χ3n) is 4.18. The number of nitrogens with zero attached hydrogens (tertiary/aromatic N) is 4. The summed E-state index contributed by atoms with van der Waals surface area (Å²) < 4.78 is 27.6. The van der Waals surface area contributed by atoms with Crippen LogP contribution in [0.15, 0.2) is 65.8 Å². The van der Waals surface area contributed by atoms with Crippen molar-refractivity contribution >= 4 is 44.1 Å². The molecule has 0 radical (unpaired) electrons. The van der Waals surface area contributed by atoms with Crippen LogP contribution in [0.3, 0.4) is 0 Å². The standard InChI is InChI=1S/C19H10Cl2N4O2S/c20-16-10-23-19(21)24-17(16)15-11-25(18-12(9-22)5-4-8-14(15)18)28(26,27)13-6-2-1-3-7-13/h1-8,10-11H. The summed E-state index contributed by atoms with van der Waals surface area (Å²) in [5.41, 5.74) is 1.17. The Morgan fingerprint density at radius 2 is 1.79 bits per heavy atom. The molecule has 138 valence electrons. The minimum atomic E-state index is -3.96. The smallest absolute Gasteiger partial charge is 0.239 e. The van der Waals surface area contributed by atoms with E-state index >= 15 is 0 Å². The van der Waals surface area contributed by atoms with Crippen LogP contribution in [-0.2, 0) is 10.0 Å². The molecule has 0 aliphatic carbocycles. The van der Waals surface area contributed by atoms with Gasteiger partial charge in [-0.1, -0.05) is 41.9 Å². The maximum Gasteiger partial charge on any atom is 0.268 e. The number of benzene rings is 2. The number of rotatable bonds is 3. The van der Waals surface area contributed by atoms with E-state index < -0.39 is 10.0 Å². The minimum absolute atomic E-state index is 0.0253. The lowest BCUT2D eigenvalue weighted by atomic mass is 10.1. The predicted molar refractivity (Wildman–Crippen MR) is 107 cm³/mol. The first-order chi connectivity index (χ1) is 13.4. The Balaban J connectivity index is 2.12. The highest BCUT2D eigenvalue weighted by Gasteiger charge is 2.25. The first-order valence-electron chi connectivity index (χ1n) is 7.96. The molecule has 0 aliphatic rings. The molecule has 0 saturated carbocycles. The van der Waals surface area contributed by atoms with Crippen LogP contribution in [0, 0.1) is 11.3 Å². The van der Waals surface area contributed by atoms with Crippen LogP contribution in [-0.4, -0.2) is 22.4 Å². The van der Waals surface area contributed by atoms with Crippen LogP contribution >= 0.6 is 23.2 Å². The highest BCUT2D eigenvalue weighted by molar-refractivity contribution is 7.90. The summed E-state index contributed by atoms with van der Waals surface area (Å²) >= 11 is 12.1. The average molecular weight is 429 g/mol. The van der Waals surface area contributed by atoms with Gasteiger partial charge in [-0.05, 0) is 29.8 Å². The van der Waals surface area contributed by atoms with E-state index in [-0.39, 0.29) is 32.0 Å². The molecule has 0 N–H and O–H groups in total. The summed E-state index contributed by atoms with van der Waals surface area (Å²) in [6, 6.07) is 14.9. The molecule has 2 aromatic heterocycles. The summed E-state index contributed by atoms with van der Waals surface area (Å²) in [6.45, 7) is 0. The fourth-order valence-electron chi connectivity index (χ4n) is 2.96. The second-order valence-electron chi connectivity index (χ2n) is 5.81. The molecule has 2 aromatic carbocycles. The first-order valence-corrected chi connectivity index (χ1v) is 10.2. The maximum atomic E-state index is 13.3. The molecule has 4 aromatic rings. The second-order valence-corrected chi connectivity index (χ2v) is 8.37. The number of hydrogen-bond acceptors (Lipinski definition) is 5. The van der Waals surface area contributed by atoms with Crippen LogP contribution in [0.25, 0.3) is 22.2 Å². The largest absolute Gasteiger partial charge is 0.268 e. The van der Waals surface area contributed by atoms with E-state index in [9.17, 15) is 13.7 Å². The fourth-order valence-corrected chi connectivity index (χ4v) is 4.69. The molecule has 0 bridgehead atoms. The summed E-state index contributed by atoms with van der Waals surface area (Å²) in [6.07, 6.45) is 2.74. The van der Waals surface area contributed by atoms with Gasteiger partial charge in [0.05, 0.1) is 32.9 Å². The molecule has 4 rings (SSSR count). The van der Waals surface area contributed by atoms with Crippen LogP contribution in [0.4, 0.5) is 0 Å². The van der Waals surface area contributed by atoms with Gasteiger partial charge in [-0.15, -0.1) is 0 Å². The SMILES string of the molecule is N#Cc1cccc2c(-c3nc(Cl)ncc3Cl)cn(S(=O)(=O)c3ccccc3)c12. The third kappa shape index (κ3) is 2.92. The summed E-state index contributed by atoms with van der Waals surface area (Å²) in [7, 11) is -3.96. The molecule has 9 heteroatoms. The van der Waals surface area contributed by atoms with Gasteiger partial charge < -0.3 is 0 Å². The van der Waals surface area contributed by atoms with Crippen molar-refractivity contribution in [2.75, 3.05) is 0 Å². The van der Waals surface area contributed by atoms with Gasteiger partial charge in [-0.2, -0.15) is 5.26 Å². The van der Waals surface area contributed by atoms with E-state index in [1.54, 1.807) is 36.4 Å². The molecule has 6 nitrogen and oxygen atoms in total. The minimum Gasteiger partial charge on any atom is -0.239 e. The Morgan fingerprint density at radius 3 is 2.50 bits per heavy atom. The average Bonchev–Trinajstić information content (AvgIpc) is 3.11. The summed E-state index contributed by atoms with van der Waals surface area (Å²) in [5, 5.41) is 10.2. The van der Waals surface area contributed by atoms with Crippen molar-refractivity contribution in [2.45, 2.75) is 4.90 Å². The lowest BCUT2D eigenvalue weighted by molar-refractivity contribution is 0.589.